The fraction of sp³-hybridized carbons (Fsp3) is 0.333. The van der Waals surface area contributed by atoms with Gasteiger partial charge in [-0.05, 0) is 30.2 Å². The number of nitrogens with zero attached hydrogens (tertiary/aromatic N) is 1. The van der Waals surface area contributed by atoms with Gasteiger partial charge in [-0.2, -0.15) is 0 Å². The summed E-state index contributed by atoms with van der Waals surface area (Å²) in [5, 5.41) is -0.187. The number of rotatable bonds is 10. The SMILES string of the molecule is [C-]#[N+][C@]1(OC(=S)Oc2ccccc2)C(OCc2ccccc2)[C@@H](OC)OC(COCc2ccccc2)[C@@H]1C. The molecule has 0 aliphatic carbocycles. The summed E-state index contributed by atoms with van der Waals surface area (Å²) >= 11 is 5.45. The molecular weight excluding hydrogens is 502 g/mol. The molecule has 1 aliphatic rings. The topological polar surface area (TPSA) is 59.7 Å². The lowest BCUT2D eigenvalue weighted by atomic mass is 9.84. The monoisotopic (exact) mass is 533 g/mol. The first kappa shape index (κ1) is 27.7. The van der Waals surface area contributed by atoms with Crippen LogP contribution in [0.4, 0.5) is 0 Å². The summed E-state index contributed by atoms with van der Waals surface area (Å²) in [6.07, 6.45) is -2.37. The summed E-state index contributed by atoms with van der Waals surface area (Å²) < 4.78 is 36.1. The van der Waals surface area contributed by atoms with Crippen LogP contribution in [-0.2, 0) is 36.9 Å². The summed E-state index contributed by atoms with van der Waals surface area (Å²) in [5.74, 6) is -0.00889. The minimum absolute atomic E-state index is 0.187. The molecule has 38 heavy (non-hydrogen) atoms. The van der Waals surface area contributed by atoms with Gasteiger partial charge in [0.25, 0.3) is 0 Å². The van der Waals surface area contributed by atoms with Gasteiger partial charge in [-0.15, -0.1) is 0 Å². The maximum absolute atomic E-state index is 8.28. The van der Waals surface area contributed by atoms with E-state index in [1.165, 1.54) is 7.11 Å². The summed E-state index contributed by atoms with van der Waals surface area (Å²) in [6.45, 7) is 11.0. The van der Waals surface area contributed by atoms with Gasteiger partial charge in [0.05, 0.1) is 25.9 Å². The van der Waals surface area contributed by atoms with E-state index in [-0.39, 0.29) is 18.5 Å². The first-order valence-corrected chi connectivity index (χ1v) is 12.8. The highest BCUT2D eigenvalue weighted by molar-refractivity contribution is 7.79. The van der Waals surface area contributed by atoms with Crippen molar-refractivity contribution in [2.24, 2.45) is 5.92 Å². The van der Waals surface area contributed by atoms with Gasteiger partial charge in [0.2, 0.25) is 6.10 Å². The third-order valence-electron chi connectivity index (χ3n) is 6.44. The molecule has 3 aromatic carbocycles. The number of ether oxygens (including phenoxy) is 6. The van der Waals surface area contributed by atoms with Crippen LogP contribution in [0.15, 0.2) is 91.0 Å². The molecule has 198 valence electrons. The minimum Gasteiger partial charge on any atom is -0.418 e. The van der Waals surface area contributed by atoms with Gasteiger partial charge in [-0.3, -0.25) is 4.85 Å². The molecule has 0 saturated carbocycles. The maximum atomic E-state index is 8.28. The van der Waals surface area contributed by atoms with Crippen LogP contribution < -0.4 is 4.74 Å². The molecule has 4 rings (SSSR count). The third-order valence-corrected chi connectivity index (χ3v) is 6.60. The van der Waals surface area contributed by atoms with Crippen molar-refractivity contribution in [1.82, 2.24) is 0 Å². The molecule has 3 aromatic rings. The average molecular weight is 534 g/mol. The summed E-state index contributed by atoms with van der Waals surface area (Å²) in [7, 11) is 1.51. The molecule has 0 spiro atoms. The Morgan fingerprint density at radius 1 is 0.921 bits per heavy atom. The van der Waals surface area contributed by atoms with Gasteiger partial charge >= 0.3 is 11.0 Å². The normalized spacial score (nSPS) is 24.8. The van der Waals surface area contributed by atoms with Crippen LogP contribution in [0.3, 0.4) is 0 Å². The van der Waals surface area contributed by atoms with Crippen molar-refractivity contribution in [3.8, 4) is 5.75 Å². The maximum Gasteiger partial charge on any atom is 0.414 e. The standard InChI is InChI=1S/C30H31NO6S/c1-22-26(21-33-19-23-13-7-4-8-14-23)36-28(32-3)27(34-20-24-15-9-5-10-16-24)30(22,31-2)37-29(38)35-25-17-11-6-12-18-25/h4-18,22,26-28H,19-21H2,1,3H3/t22-,26?,27?,28-,30+/m0/s1. The van der Waals surface area contributed by atoms with E-state index in [9.17, 15) is 0 Å². The lowest BCUT2D eigenvalue weighted by molar-refractivity contribution is -0.313. The van der Waals surface area contributed by atoms with Crippen LogP contribution in [0.1, 0.15) is 18.1 Å². The number of thiocarbonyl (C=S) groups is 1. The lowest BCUT2D eigenvalue weighted by Gasteiger charge is -2.44. The fourth-order valence-electron chi connectivity index (χ4n) is 4.35. The average Bonchev–Trinajstić information content (AvgIpc) is 2.95. The number of hydrogen-bond acceptors (Lipinski definition) is 7. The Kier molecular flexibility index (Phi) is 9.82. The second-order valence-electron chi connectivity index (χ2n) is 8.92. The Hall–Kier alpha value is -3.32. The molecule has 0 N–H and O–H groups in total. The Balaban J connectivity index is 1.56. The smallest absolute Gasteiger partial charge is 0.414 e. The predicted octanol–water partition coefficient (Wildman–Crippen LogP) is 5.79. The van der Waals surface area contributed by atoms with E-state index in [1.54, 1.807) is 12.1 Å². The predicted molar refractivity (Wildman–Crippen MR) is 146 cm³/mol. The van der Waals surface area contributed by atoms with E-state index in [1.807, 2.05) is 85.8 Å². The molecule has 1 saturated heterocycles. The summed E-state index contributed by atoms with van der Waals surface area (Å²) in [5.41, 5.74) is 0.374. The molecular formula is C30H31NO6S. The molecule has 0 radical (unpaired) electrons. The van der Waals surface area contributed by atoms with Crippen molar-refractivity contribution in [3.63, 3.8) is 0 Å². The van der Waals surface area contributed by atoms with Crippen LogP contribution in [0.25, 0.3) is 4.85 Å². The van der Waals surface area contributed by atoms with Crippen LogP contribution in [-0.4, -0.2) is 43.2 Å². The minimum atomic E-state index is -1.60. The second kappa shape index (κ2) is 13.5. The van der Waals surface area contributed by atoms with Gasteiger partial charge in [-0.25, -0.2) is 6.57 Å². The van der Waals surface area contributed by atoms with E-state index in [4.69, 9.17) is 47.2 Å². The van der Waals surface area contributed by atoms with Crippen molar-refractivity contribution in [1.29, 1.82) is 0 Å². The van der Waals surface area contributed by atoms with Crippen molar-refractivity contribution < 1.29 is 28.4 Å². The van der Waals surface area contributed by atoms with Crippen molar-refractivity contribution in [2.75, 3.05) is 13.7 Å². The highest BCUT2D eigenvalue weighted by Gasteiger charge is 2.65. The van der Waals surface area contributed by atoms with Crippen molar-refractivity contribution >= 4 is 17.5 Å². The van der Waals surface area contributed by atoms with E-state index in [0.717, 1.165) is 11.1 Å². The van der Waals surface area contributed by atoms with Gasteiger partial charge in [0.15, 0.2) is 6.29 Å². The van der Waals surface area contributed by atoms with Gasteiger partial charge in [-0.1, -0.05) is 78.9 Å². The van der Waals surface area contributed by atoms with Crippen molar-refractivity contribution in [3.05, 3.63) is 114 Å². The lowest BCUT2D eigenvalue weighted by Crippen LogP contribution is -2.64. The first-order valence-electron chi connectivity index (χ1n) is 12.4. The molecule has 1 fully saturated rings. The highest BCUT2D eigenvalue weighted by Crippen LogP contribution is 2.42. The number of para-hydroxylation sites is 1. The Morgan fingerprint density at radius 3 is 2.08 bits per heavy atom. The quantitative estimate of drug-likeness (QED) is 0.241. The van der Waals surface area contributed by atoms with Crippen LogP contribution in [0.5, 0.6) is 5.75 Å². The van der Waals surface area contributed by atoms with E-state index in [0.29, 0.717) is 12.4 Å². The van der Waals surface area contributed by atoms with Crippen molar-refractivity contribution in [2.45, 2.75) is 44.4 Å². The second-order valence-corrected chi connectivity index (χ2v) is 9.25. The zero-order valence-corrected chi connectivity index (χ0v) is 22.2. The highest BCUT2D eigenvalue weighted by atomic mass is 32.1. The Labute approximate surface area is 229 Å². The van der Waals surface area contributed by atoms with Gasteiger partial charge in [0, 0.05) is 19.3 Å². The van der Waals surface area contributed by atoms with Gasteiger partial charge < -0.3 is 28.4 Å². The molecule has 0 aromatic heterocycles. The molecule has 1 heterocycles. The third kappa shape index (κ3) is 6.76. The van der Waals surface area contributed by atoms with E-state index in [2.05, 4.69) is 4.85 Å². The van der Waals surface area contributed by atoms with Crippen LogP contribution in [0, 0.1) is 12.5 Å². The molecule has 5 atom stereocenters. The Bertz CT molecular complexity index is 1190. The first-order chi connectivity index (χ1) is 18.6. The number of hydrogen-bond donors (Lipinski definition) is 0. The van der Waals surface area contributed by atoms with Crippen LogP contribution in [0.2, 0.25) is 0 Å². The van der Waals surface area contributed by atoms with Crippen LogP contribution >= 0.6 is 12.2 Å². The number of benzene rings is 3. The largest absolute Gasteiger partial charge is 0.418 e. The molecule has 8 heteroatoms. The molecule has 2 unspecified atom stereocenters. The summed E-state index contributed by atoms with van der Waals surface area (Å²) in [4.78, 5) is 3.97. The van der Waals surface area contributed by atoms with E-state index < -0.39 is 30.1 Å². The molecule has 0 bridgehead atoms. The zero-order chi connectivity index (χ0) is 26.8. The number of methoxy groups -OCH3 is 1. The summed E-state index contributed by atoms with van der Waals surface area (Å²) in [6, 6.07) is 28.6. The fourth-order valence-corrected chi connectivity index (χ4v) is 4.58. The Morgan fingerprint density at radius 2 is 1.50 bits per heavy atom. The molecule has 7 nitrogen and oxygen atoms in total. The van der Waals surface area contributed by atoms with E-state index >= 15 is 0 Å². The molecule has 0 amide bonds. The zero-order valence-electron chi connectivity index (χ0n) is 21.4. The molecule has 1 aliphatic heterocycles. The van der Waals surface area contributed by atoms with Gasteiger partial charge in [0.1, 0.15) is 11.7 Å².